The van der Waals surface area contributed by atoms with Gasteiger partial charge in [0.05, 0.1) is 18.7 Å². The van der Waals surface area contributed by atoms with Gasteiger partial charge in [0.15, 0.2) is 6.10 Å². The second kappa shape index (κ2) is 8.68. The minimum absolute atomic E-state index is 0.0202. The Morgan fingerprint density at radius 3 is 2.76 bits per heavy atom. The lowest BCUT2D eigenvalue weighted by Gasteiger charge is -2.16. The Kier molecular flexibility index (Phi) is 6.06. The van der Waals surface area contributed by atoms with Gasteiger partial charge in [0.25, 0.3) is 11.7 Å². The molecule has 0 aliphatic heterocycles. The van der Waals surface area contributed by atoms with Gasteiger partial charge in [-0.1, -0.05) is 12.1 Å². The smallest absolute Gasteiger partial charge is 0.311 e. The molecule has 3 rings (SSSR count). The molecule has 0 saturated carbocycles. The maximum Gasteiger partial charge on any atom is 0.311 e. The quantitative estimate of drug-likeness (QED) is 0.609. The molecule has 29 heavy (non-hydrogen) atoms. The highest BCUT2D eigenvalue weighted by atomic mass is 16.5. The van der Waals surface area contributed by atoms with E-state index < -0.39 is 18.0 Å². The number of amides is 1. The number of rotatable bonds is 7. The third kappa shape index (κ3) is 4.50. The zero-order valence-corrected chi connectivity index (χ0v) is 16.8. The van der Waals surface area contributed by atoms with E-state index in [0.29, 0.717) is 35.1 Å². The molecule has 1 aromatic carbocycles. The van der Waals surface area contributed by atoms with Gasteiger partial charge in [-0.15, -0.1) is 0 Å². The highest BCUT2D eigenvalue weighted by Crippen LogP contribution is 2.24. The van der Waals surface area contributed by atoms with Crippen LogP contribution in [0.1, 0.15) is 30.8 Å². The lowest BCUT2D eigenvalue weighted by atomic mass is 10.1. The van der Waals surface area contributed by atoms with Crippen LogP contribution in [0.2, 0.25) is 0 Å². The molecule has 1 atom stereocenters. The van der Waals surface area contributed by atoms with Crippen molar-refractivity contribution in [2.24, 2.45) is 0 Å². The van der Waals surface area contributed by atoms with Gasteiger partial charge in [-0.05, 0) is 39.8 Å². The first-order chi connectivity index (χ1) is 13.9. The average Bonchev–Trinajstić information content (AvgIpc) is 3.15. The van der Waals surface area contributed by atoms with Crippen molar-refractivity contribution in [1.82, 2.24) is 19.6 Å². The maximum absolute atomic E-state index is 12.5. The summed E-state index contributed by atoms with van der Waals surface area (Å²) in [5.41, 5.74) is 2.64. The number of aromatic nitrogens is 4. The molecule has 0 radical (unpaired) electrons. The maximum atomic E-state index is 12.5. The summed E-state index contributed by atoms with van der Waals surface area (Å²) in [5, 5.41) is 6.83. The highest BCUT2D eigenvalue weighted by molar-refractivity contribution is 5.96. The van der Waals surface area contributed by atoms with Crippen molar-refractivity contribution >= 4 is 23.3 Å². The second-order valence-electron chi connectivity index (χ2n) is 6.46. The molecular formula is C20H23N5O4. The van der Waals surface area contributed by atoms with E-state index in [1.165, 1.54) is 13.3 Å². The van der Waals surface area contributed by atoms with E-state index in [1.54, 1.807) is 29.6 Å². The Morgan fingerprint density at radius 2 is 2.00 bits per heavy atom. The molecule has 0 aliphatic rings. The van der Waals surface area contributed by atoms with Gasteiger partial charge in [-0.3, -0.25) is 9.59 Å². The van der Waals surface area contributed by atoms with E-state index in [0.717, 1.165) is 5.69 Å². The molecule has 9 heteroatoms. The fourth-order valence-electron chi connectivity index (χ4n) is 2.93. The molecule has 2 heterocycles. The summed E-state index contributed by atoms with van der Waals surface area (Å²) in [5.74, 6) is 0.0557. The Labute approximate surface area is 168 Å². The molecule has 3 aromatic rings. The SMILES string of the molecule is CCOc1ccccc1NC(=O)[C@@H](C)OC(=O)Cc1c(C)nc2ncnn2c1C. The van der Waals surface area contributed by atoms with Gasteiger partial charge in [0.2, 0.25) is 0 Å². The van der Waals surface area contributed by atoms with Crippen LogP contribution in [0.25, 0.3) is 5.78 Å². The molecule has 0 fully saturated rings. The fourth-order valence-corrected chi connectivity index (χ4v) is 2.93. The summed E-state index contributed by atoms with van der Waals surface area (Å²) in [6.07, 6.45) is 0.414. The third-order valence-electron chi connectivity index (χ3n) is 4.43. The Balaban J connectivity index is 1.66. The molecule has 1 N–H and O–H groups in total. The number of nitrogens with one attached hydrogen (secondary N) is 1. The summed E-state index contributed by atoms with van der Waals surface area (Å²) in [6, 6.07) is 7.08. The first-order valence-electron chi connectivity index (χ1n) is 9.28. The van der Waals surface area contributed by atoms with Gasteiger partial charge >= 0.3 is 5.97 Å². The number of hydrogen-bond donors (Lipinski definition) is 1. The molecule has 1 amide bonds. The van der Waals surface area contributed by atoms with Gasteiger partial charge in [-0.2, -0.15) is 10.1 Å². The molecular weight excluding hydrogens is 374 g/mol. The largest absolute Gasteiger partial charge is 0.492 e. The number of ether oxygens (including phenoxy) is 2. The number of aryl methyl sites for hydroxylation is 2. The van der Waals surface area contributed by atoms with Gasteiger partial charge in [0, 0.05) is 17.0 Å². The Morgan fingerprint density at radius 1 is 1.24 bits per heavy atom. The zero-order valence-electron chi connectivity index (χ0n) is 16.8. The van der Waals surface area contributed by atoms with Crippen LogP contribution in [-0.4, -0.2) is 44.2 Å². The fraction of sp³-hybridized carbons (Fsp3) is 0.350. The Hall–Kier alpha value is -3.49. The topological polar surface area (TPSA) is 108 Å². The minimum Gasteiger partial charge on any atom is -0.492 e. The van der Waals surface area contributed by atoms with Crippen LogP contribution < -0.4 is 10.1 Å². The average molecular weight is 397 g/mol. The van der Waals surface area contributed by atoms with Crippen LogP contribution in [0.15, 0.2) is 30.6 Å². The number of carbonyl (C=O) groups is 2. The van der Waals surface area contributed by atoms with Crippen molar-refractivity contribution < 1.29 is 19.1 Å². The van der Waals surface area contributed by atoms with E-state index in [2.05, 4.69) is 20.4 Å². The lowest BCUT2D eigenvalue weighted by molar-refractivity contribution is -0.152. The highest BCUT2D eigenvalue weighted by Gasteiger charge is 2.21. The standard InChI is InChI=1S/C20H23N5O4/c1-5-28-17-9-7-6-8-16(17)24-19(27)14(4)29-18(26)10-15-12(2)23-20-21-11-22-25(20)13(15)3/h6-9,11,14H,5,10H2,1-4H3,(H,24,27)/t14-/m1/s1. The van der Waals surface area contributed by atoms with Crippen molar-refractivity contribution in [1.29, 1.82) is 0 Å². The van der Waals surface area contributed by atoms with Crippen molar-refractivity contribution in [3.05, 3.63) is 47.5 Å². The molecule has 0 unspecified atom stereocenters. The van der Waals surface area contributed by atoms with Crippen LogP contribution >= 0.6 is 0 Å². The number of anilines is 1. The van der Waals surface area contributed by atoms with E-state index >= 15 is 0 Å². The first kappa shape index (κ1) is 20.2. The predicted molar refractivity (Wildman–Crippen MR) is 106 cm³/mol. The summed E-state index contributed by atoms with van der Waals surface area (Å²) in [6.45, 7) is 7.48. The second-order valence-corrected chi connectivity index (χ2v) is 6.46. The van der Waals surface area contributed by atoms with Crippen molar-refractivity contribution in [3.63, 3.8) is 0 Å². The predicted octanol–water partition coefficient (Wildman–Crippen LogP) is 2.25. The molecule has 0 spiro atoms. The third-order valence-corrected chi connectivity index (χ3v) is 4.43. The van der Waals surface area contributed by atoms with Crippen LogP contribution in [0.3, 0.4) is 0 Å². The van der Waals surface area contributed by atoms with Crippen LogP contribution in [0, 0.1) is 13.8 Å². The molecule has 0 aliphatic carbocycles. The number of esters is 1. The zero-order chi connectivity index (χ0) is 21.0. The molecule has 9 nitrogen and oxygen atoms in total. The van der Waals surface area contributed by atoms with E-state index in [9.17, 15) is 9.59 Å². The first-order valence-corrected chi connectivity index (χ1v) is 9.28. The molecule has 152 valence electrons. The lowest BCUT2D eigenvalue weighted by Crippen LogP contribution is -2.31. The van der Waals surface area contributed by atoms with Gasteiger partial charge < -0.3 is 14.8 Å². The van der Waals surface area contributed by atoms with E-state index in [1.807, 2.05) is 19.9 Å². The van der Waals surface area contributed by atoms with Crippen LogP contribution in [0.4, 0.5) is 5.69 Å². The number of para-hydroxylation sites is 2. The minimum atomic E-state index is -0.971. The van der Waals surface area contributed by atoms with Crippen molar-refractivity contribution in [2.45, 2.75) is 40.2 Å². The number of hydrogen-bond acceptors (Lipinski definition) is 7. The number of fused-ring (bicyclic) bond motifs is 1. The Bertz CT molecular complexity index is 1050. The van der Waals surface area contributed by atoms with Gasteiger partial charge in [-0.25, -0.2) is 9.50 Å². The summed E-state index contributed by atoms with van der Waals surface area (Å²) in [7, 11) is 0. The normalized spacial score (nSPS) is 11.9. The number of nitrogens with zero attached hydrogens (tertiary/aromatic N) is 4. The number of carbonyl (C=O) groups excluding carboxylic acids is 2. The molecule has 0 bridgehead atoms. The van der Waals surface area contributed by atoms with Crippen LogP contribution in [0.5, 0.6) is 5.75 Å². The summed E-state index contributed by atoms with van der Waals surface area (Å²) in [4.78, 5) is 33.3. The van der Waals surface area contributed by atoms with Crippen molar-refractivity contribution in [3.8, 4) is 5.75 Å². The molecule has 2 aromatic heterocycles. The molecule has 0 saturated heterocycles. The van der Waals surface area contributed by atoms with E-state index in [-0.39, 0.29) is 6.42 Å². The van der Waals surface area contributed by atoms with E-state index in [4.69, 9.17) is 9.47 Å². The van der Waals surface area contributed by atoms with Crippen LogP contribution in [-0.2, 0) is 20.7 Å². The number of benzene rings is 1. The summed E-state index contributed by atoms with van der Waals surface area (Å²) >= 11 is 0. The summed E-state index contributed by atoms with van der Waals surface area (Å²) < 4.78 is 12.4. The monoisotopic (exact) mass is 397 g/mol. The van der Waals surface area contributed by atoms with Crippen molar-refractivity contribution in [2.75, 3.05) is 11.9 Å². The van der Waals surface area contributed by atoms with Gasteiger partial charge in [0.1, 0.15) is 12.1 Å².